The van der Waals surface area contributed by atoms with Gasteiger partial charge in [-0.1, -0.05) is 43.7 Å². The molecule has 0 atom stereocenters. The molecule has 0 amide bonds. The van der Waals surface area contributed by atoms with Crippen molar-refractivity contribution in [2.75, 3.05) is 0 Å². The Morgan fingerprint density at radius 1 is 1.00 bits per heavy atom. The van der Waals surface area contributed by atoms with E-state index in [0.717, 1.165) is 29.8 Å². The van der Waals surface area contributed by atoms with Crippen molar-refractivity contribution in [3.63, 3.8) is 0 Å². The highest BCUT2D eigenvalue weighted by atomic mass is 16.2. The summed E-state index contributed by atoms with van der Waals surface area (Å²) in [5.41, 5.74) is 3.08. The summed E-state index contributed by atoms with van der Waals surface area (Å²) in [4.78, 5) is 31.2. The maximum absolute atomic E-state index is 13.5. The summed E-state index contributed by atoms with van der Waals surface area (Å²) in [6.45, 7) is 6.94. The highest BCUT2D eigenvalue weighted by Crippen LogP contribution is 2.18. The molecule has 0 N–H and O–H groups in total. The van der Waals surface area contributed by atoms with Crippen molar-refractivity contribution in [1.29, 1.82) is 0 Å². The Bertz CT molecular complexity index is 1340. The van der Waals surface area contributed by atoms with Crippen LogP contribution in [-0.4, -0.2) is 28.5 Å². The fraction of sp³-hybridized carbons (Fsp3) is 0.391. The molecule has 0 radical (unpaired) electrons. The SMILES string of the molecule is CCCCn1c(-n2nc(C)cc2C)nc2c1c(=O)n(CCc1ccccc1)c(=O)n2C. The minimum Gasteiger partial charge on any atom is -0.302 e. The maximum Gasteiger partial charge on any atom is 0.332 e. The van der Waals surface area contributed by atoms with Crippen molar-refractivity contribution < 1.29 is 0 Å². The third-order valence-corrected chi connectivity index (χ3v) is 5.61. The lowest BCUT2D eigenvalue weighted by Crippen LogP contribution is -2.40. The first-order valence-corrected chi connectivity index (χ1v) is 10.7. The molecule has 0 saturated heterocycles. The molecule has 4 aromatic rings. The minimum atomic E-state index is -0.353. The van der Waals surface area contributed by atoms with Gasteiger partial charge in [0.1, 0.15) is 0 Å². The molecule has 3 aromatic heterocycles. The lowest BCUT2D eigenvalue weighted by atomic mass is 10.1. The lowest BCUT2D eigenvalue weighted by molar-refractivity contribution is 0.588. The largest absolute Gasteiger partial charge is 0.332 e. The van der Waals surface area contributed by atoms with E-state index >= 15 is 0 Å². The van der Waals surface area contributed by atoms with E-state index in [4.69, 9.17) is 4.98 Å². The van der Waals surface area contributed by atoms with Crippen LogP contribution in [0.15, 0.2) is 46.0 Å². The summed E-state index contributed by atoms with van der Waals surface area (Å²) >= 11 is 0. The van der Waals surface area contributed by atoms with E-state index in [2.05, 4.69) is 12.0 Å². The van der Waals surface area contributed by atoms with Crippen LogP contribution in [0.5, 0.6) is 0 Å². The maximum atomic E-state index is 13.5. The van der Waals surface area contributed by atoms with Gasteiger partial charge in [-0.15, -0.1) is 0 Å². The Morgan fingerprint density at radius 2 is 1.74 bits per heavy atom. The van der Waals surface area contributed by atoms with Gasteiger partial charge in [0.2, 0.25) is 5.95 Å². The van der Waals surface area contributed by atoms with Crippen molar-refractivity contribution >= 4 is 11.2 Å². The molecule has 0 unspecified atom stereocenters. The smallest absolute Gasteiger partial charge is 0.302 e. The van der Waals surface area contributed by atoms with Crippen LogP contribution in [-0.2, 0) is 26.6 Å². The van der Waals surface area contributed by atoms with E-state index in [0.29, 0.717) is 36.6 Å². The first-order chi connectivity index (χ1) is 14.9. The highest BCUT2D eigenvalue weighted by molar-refractivity contribution is 5.72. The minimum absolute atomic E-state index is 0.301. The Labute approximate surface area is 180 Å². The number of rotatable bonds is 7. The first kappa shape index (κ1) is 20.8. The zero-order valence-electron chi connectivity index (χ0n) is 18.5. The number of aromatic nitrogens is 6. The molecule has 0 saturated carbocycles. The van der Waals surface area contributed by atoms with Crippen LogP contribution >= 0.6 is 0 Å². The van der Waals surface area contributed by atoms with E-state index < -0.39 is 0 Å². The number of hydrogen-bond donors (Lipinski definition) is 0. The summed E-state index contributed by atoms with van der Waals surface area (Å²) < 4.78 is 6.46. The number of unbranched alkanes of at least 4 members (excludes halogenated alkanes) is 1. The second kappa shape index (κ2) is 8.37. The molecule has 0 aliphatic carbocycles. The Hall–Kier alpha value is -3.42. The molecular weight excluding hydrogens is 392 g/mol. The van der Waals surface area contributed by atoms with Crippen LogP contribution in [0.25, 0.3) is 17.1 Å². The van der Waals surface area contributed by atoms with Crippen LogP contribution in [0.1, 0.15) is 36.7 Å². The molecule has 0 fully saturated rings. The van der Waals surface area contributed by atoms with Crippen LogP contribution in [0, 0.1) is 13.8 Å². The van der Waals surface area contributed by atoms with E-state index in [1.54, 1.807) is 11.7 Å². The van der Waals surface area contributed by atoms with Crippen LogP contribution in [0.4, 0.5) is 0 Å². The molecule has 1 aromatic carbocycles. The number of hydrogen-bond acceptors (Lipinski definition) is 4. The summed E-state index contributed by atoms with van der Waals surface area (Å²) in [6.07, 6.45) is 2.48. The lowest BCUT2D eigenvalue weighted by Gasteiger charge is -2.11. The zero-order valence-corrected chi connectivity index (χ0v) is 18.5. The second-order valence-electron chi connectivity index (χ2n) is 7.96. The molecular formula is C23H28N6O2. The molecule has 8 heteroatoms. The first-order valence-electron chi connectivity index (χ1n) is 10.7. The van der Waals surface area contributed by atoms with E-state index in [-0.39, 0.29) is 11.2 Å². The normalized spacial score (nSPS) is 11.5. The van der Waals surface area contributed by atoms with Gasteiger partial charge in [0.05, 0.1) is 5.69 Å². The summed E-state index contributed by atoms with van der Waals surface area (Å²) in [5, 5.41) is 4.56. The van der Waals surface area contributed by atoms with Gasteiger partial charge in [-0.3, -0.25) is 13.9 Å². The van der Waals surface area contributed by atoms with Gasteiger partial charge < -0.3 is 4.57 Å². The molecule has 0 aliphatic rings. The monoisotopic (exact) mass is 420 g/mol. The summed E-state index contributed by atoms with van der Waals surface area (Å²) in [7, 11) is 1.67. The number of benzene rings is 1. The van der Waals surface area contributed by atoms with Crippen molar-refractivity contribution in [1.82, 2.24) is 28.5 Å². The van der Waals surface area contributed by atoms with Gasteiger partial charge in [0, 0.05) is 25.8 Å². The third kappa shape index (κ3) is 3.73. The van der Waals surface area contributed by atoms with Gasteiger partial charge in [-0.25, -0.2) is 9.48 Å². The molecule has 3 heterocycles. The number of imidazole rings is 1. The van der Waals surface area contributed by atoms with Gasteiger partial charge in [0.15, 0.2) is 11.2 Å². The Balaban J connectivity index is 1.91. The average molecular weight is 421 g/mol. The van der Waals surface area contributed by atoms with Crippen molar-refractivity contribution in [2.45, 2.75) is 53.1 Å². The van der Waals surface area contributed by atoms with Gasteiger partial charge in [-0.2, -0.15) is 10.1 Å². The van der Waals surface area contributed by atoms with E-state index in [1.807, 2.05) is 54.8 Å². The van der Waals surface area contributed by atoms with Gasteiger partial charge >= 0.3 is 5.69 Å². The molecule has 0 spiro atoms. The fourth-order valence-corrected chi connectivity index (χ4v) is 3.96. The fourth-order valence-electron chi connectivity index (χ4n) is 3.96. The molecule has 31 heavy (non-hydrogen) atoms. The second-order valence-corrected chi connectivity index (χ2v) is 7.96. The van der Waals surface area contributed by atoms with Crippen LogP contribution < -0.4 is 11.2 Å². The Morgan fingerprint density at radius 3 is 2.39 bits per heavy atom. The quantitative estimate of drug-likeness (QED) is 0.460. The van der Waals surface area contributed by atoms with Gasteiger partial charge in [-0.05, 0) is 38.3 Å². The van der Waals surface area contributed by atoms with E-state index in [1.165, 1.54) is 9.13 Å². The predicted molar refractivity (Wildman–Crippen MR) is 121 cm³/mol. The molecule has 162 valence electrons. The van der Waals surface area contributed by atoms with Crippen LogP contribution in [0.3, 0.4) is 0 Å². The van der Waals surface area contributed by atoms with Crippen molar-refractivity contribution in [3.05, 3.63) is 74.2 Å². The average Bonchev–Trinajstić information content (AvgIpc) is 3.30. The van der Waals surface area contributed by atoms with Gasteiger partial charge in [0.25, 0.3) is 5.56 Å². The standard InChI is InChI=1S/C23H28N6O2/c1-5-6-13-27-19-20(24-22(27)29-17(3)15-16(2)25-29)26(4)23(31)28(21(19)30)14-12-18-10-8-7-9-11-18/h7-11,15H,5-6,12-14H2,1-4H3. The topological polar surface area (TPSA) is 79.6 Å². The molecule has 4 rings (SSSR count). The summed E-state index contributed by atoms with van der Waals surface area (Å²) in [6, 6.07) is 11.8. The predicted octanol–water partition coefficient (Wildman–Crippen LogP) is 2.74. The van der Waals surface area contributed by atoms with Crippen LogP contribution in [0.2, 0.25) is 0 Å². The molecule has 8 nitrogen and oxygen atoms in total. The number of nitrogens with zero attached hydrogens (tertiary/aromatic N) is 6. The highest BCUT2D eigenvalue weighted by Gasteiger charge is 2.22. The Kier molecular flexibility index (Phi) is 5.63. The molecule has 0 bridgehead atoms. The van der Waals surface area contributed by atoms with E-state index in [9.17, 15) is 9.59 Å². The van der Waals surface area contributed by atoms with Crippen molar-refractivity contribution in [2.24, 2.45) is 7.05 Å². The summed E-state index contributed by atoms with van der Waals surface area (Å²) in [5.74, 6) is 0.571. The molecule has 0 aliphatic heterocycles. The van der Waals surface area contributed by atoms with Crippen molar-refractivity contribution in [3.8, 4) is 5.95 Å². The third-order valence-electron chi connectivity index (χ3n) is 5.61. The number of aryl methyl sites for hydroxylation is 5. The zero-order chi connectivity index (χ0) is 22.1. The number of fused-ring (bicyclic) bond motifs is 1.